The van der Waals surface area contributed by atoms with E-state index in [1.807, 2.05) is 32.0 Å². The number of urea groups is 1. The van der Waals surface area contributed by atoms with Crippen LogP contribution in [-0.2, 0) is 4.79 Å². The lowest BCUT2D eigenvalue weighted by atomic mass is 10.1. The van der Waals surface area contributed by atoms with Crippen molar-refractivity contribution in [3.8, 4) is 0 Å². The maximum Gasteiger partial charge on any atom is 0.326 e. The topological polar surface area (TPSA) is 61.4 Å². The van der Waals surface area contributed by atoms with Gasteiger partial charge in [-0.3, -0.25) is 4.79 Å². The molecule has 0 spiro atoms. The van der Waals surface area contributed by atoms with Crippen LogP contribution in [0.3, 0.4) is 0 Å². The van der Waals surface area contributed by atoms with Gasteiger partial charge in [0.15, 0.2) is 0 Å². The Labute approximate surface area is 113 Å². The molecule has 5 heteroatoms. The van der Waals surface area contributed by atoms with Gasteiger partial charge < -0.3 is 10.6 Å². The molecule has 1 fully saturated rings. The Hall–Kier alpha value is -2.04. The molecule has 0 saturated carbocycles. The van der Waals surface area contributed by atoms with Crippen molar-refractivity contribution in [3.63, 3.8) is 0 Å². The van der Waals surface area contributed by atoms with Crippen molar-refractivity contribution in [2.24, 2.45) is 0 Å². The van der Waals surface area contributed by atoms with Crippen molar-refractivity contribution >= 4 is 17.6 Å². The van der Waals surface area contributed by atoms with E-state index in [1.165, 1.54) is 4.90 Å². The largest absolute Gasteiger partial charge is 0.367 e. The van der Waals surface area contributed by atoms with E-state index in [1.54, 1.807) is 13.8 Å². The normalized spacial score (nSPS) is 17.6. The Balaban J connectivity index is 2.09. The van der Waals surface area contributed by atoms with Gasteiger partial charge >= 0.3 is 6.03 Å². The number of nitrogens with one attached hydrogen (secondary N) is 2. The molecule has 1 aliphatic rings. The first-order valence-corrected chi connectivity index (χ1v) is 6.26. The zero-order chi connectivity index (χ0) is 14.2. The Morgan fingerprint density at radius 3 is 2.53 bits per heavy atom. The fraction of sp³-hybridized carbons (Fsp3) is 0.429. The number of carbonyl (C=O) groups excluding carboxylic acids is 2. The maximum absolute atomic E-state index is 12.0. The summed E-state index contributed by atoms with van der Waals surface area (Å²) in [6, 6.07) is 5.68. The Morgan fingerprint density at radius 1 is 1.26 bits per heavy atom. The monoisotopic (exact) mass is 261 g/mol. The van der Waals surface area contributed by atoms with Crippen LogP contribution in [0.1, 0.15) is 25.0 Å². The minimum Gasteiger partial charge on any atom is -0.367 e. The number of hydrogen-bond acceptors (Lipinski definition) is 3. The molecule has 5 nitrogen and oxygen atoms in total. The minimum atomic E-state index is -0.819. The third-order valence-electron chi connectivity index (χ3n) is 3.27. The van der Waals surface area contributed by atoms with E-state index in [0.717, 1.165) is 16.8 Å². The average molecular weight is 261 g/mol. The van der Waals surface area contributed by atoms with Crippen molar-refractivity contribution in [1.82, 2.24) is 10.2 Å². The summed E-state index contributed by atoms with van der Waals surface area (Å²) in [5.74, 6) is -0.213. The van der Waals surface area contributed by atoms with E-state index in [0.29, 0.717) is 0 Å². The number of carbonyl (C=O) groups is 2. The van der Waals surface area contributed by atoms with E-state index >= 15 is 0 Å². The highest BCUT2D eigenvalue weighted by molar-refractivity contribution is 6.06. The number of benzene rings is 1. The molecule has 19 heavy (non-hydrogen) atoms. The number of nitrogens with zero attached hydrogens (tertiary/aromatic N) is 1. The molecule has 102 valence electrons. The highest BCUT2D eigenvalue weighted by Crippen LogP contribution is 2.19. The molecule has 2 N–H and O–H groups in total. The van der Waals surface area contributed by atoms with Crippen LogP contribution in [0, 0.1) is 13.8 Å². The molecule has 1 aliphatic heterocycles. The second-order valence-electron chi connectivity index (χ2n) is 5.44. The van der Waals surface area contributed by atoms with Gasteiger partial charge in [0.1, 0.15) is 5.54 Å². The zero-order valence-corrected chi connectivity index (χ0v) is 11.7. The Bertz CT molecular complexity index is 537. The van der Waals surface area contributed by atoms with Crippen LogP contribution in [0.25, 0.3) is 0 Å². The lowest BCUT2D eigenvalue weighted by Gasteiger charge is -2.18. The number of rotatable bonds is 3. The van der Waals surface area contributed by atoms with Crippen LogP contribution >= 0.6 is 0 Å². The van der Waals surface area contributed by atoms with E-state index in [2.05, 4.69) is 10.6 Å². The molecule has 0 atom stereocenters. The highest BCUT2D eigenvalue weighted by Gasteiger charge is 2.43. The van der Waals surface area contributed by atoms with Crippen LogP contribution in [-0.4, -0.2) is 29.0 Å². The van der Waals surface area contributed by atoms with Gasteiger partial charge in [-0.25, -0.2) is 9.69 Å². The van der Waals surface area contributed by atoms with Crippen molar-refractivity contribution in [2.75, 3.05) is 12.0 Å². The maximum atomic E-state index is 12.0. The van der Waals surface area contributed by atoms with Gasteiger partial charge in [0.2, 0.25) is 0 Å². The minimum absolute atomic E-state index is 0.179. The summed E-state index contributed by atoms with van der Waals surface area (Å²) >= 11 is 0. The number of aryl methyl sites for hydroxylation is 2. The Kier molecular flexibility index (Phi) is 3.22. The van der Waals surface area contributed by atoms with Crippen LogP contribution in [0.15, 0.2) is 18.2 Å². The van der Waals surface area contributed by atoms with Gasteiger partial charge in [-0.05, 0) is 44.9 Å². The second kappa shape index (κ2) is 4.57. The summed E-state index contributed by atoms with van der Waals surface area (Å²) < 4.78 is 0. The van der Waals surface area contributed by atoms with Crippen LogP contribution in [0.2, 0.25) is 0 Å². The molecule has 0 aliphatic carbocycles. The molecule has 0 aromatic heterocycles. The lowest BCUT2D eigenvalue weighted by Crippen LogP contribution is -2.41. The molecule has 3 amide bonds. The first kappa shape index (κ1) is 13.4. The summed E-state index contributed by atoms with van der Waals surface area (Å²) in [5, 5.41) is 5.79. The molecular formula is C14H19N3O2. The molecule has 1 aromatic carbocycles. The summed E-state index contributed by atoms with van der Waals surface area (Å²) in [5.41, 5.74) is 2.33. The number of amides is 3. The van der Waals surface area contributed by atoms with Crippen LogP contribution in [0.5, 0.6) is 0 Å². The van der Waals surface area contributed by atoms with Crippen LogP contribution < -0.4 is 10.6 Å². The summed E-state index contributed by atoms with van der Waals surface area (Å²) in [6.07, 6.45) is 0. The zero-order valence-electron chi connectivity index (χ0n) is 11.7. The molecule has 2 rings (SSSR count). The van der Waals surface area contributed by atoms with Gasteiger partial charge in [-0.2, -0.15) is 0 Å². The molecule has 1 heterocycles. The fourth-order valence-corrected chi connectivity index (χ4v) is 2.05. The molecule has 0 unspecified atom stereocenters. The molecule has 1 aromatic rings. The second-order valence-corrected chi connectivity index (χ2v) is 5.44. The van der Waals surface area contributed by atoms with E-state index in [-0.39, 0.29) is 18.6 Å². The Morgan fingerprint density at radius 2 is 1.95 bits per heavy atom. The van der Waals surface area contributed by atoms with E-state index < -0.39 is 5.54 Å². The van der Waals surface area contributed by atoms with E-state index in [4.69, 9.17) is 0 Å². The third kappa shape index (κ3) is 2.54. The predicted molar refractivity (Wildman–Crippen MR) is 73.9 cm³/mol. The lowest BCUT2D eigenvalue weighted by molar-refractivity contribution is -0.129. The van der Waals surface area contributed by atoms with Crippen LogP contribution in [0.4, 0.5) is 10.5 Å². The third-order valence-corrected chi connectivity index (χ3v) is 3.27. The van der Waals surface area contributed by atoms with Gasteiger partial charge in [0, 0.05) is 5.69 Å². The van der Waals surface area contributed by atoms with Crippen molar-refractivity contribution in [3.05, 3.63) is 29.3 Å². The van der Waals surface area contributed by atoms with Gasteiger partial charge in [-0.1, -0.05) is 12.1 Å². The average Bonchev–Trinajstić information content (AvgIpc) is 2.51. The van der Waals surface area contributed by atoms with Crippen molar-refractivity contribution in [2.45, 2.75) is 33.2 Å². The van der Waals surface area contributed by atoms with Gasteiger partial charge in [0.25, 0.3) is 5.91 Å². The summed E-state index contributed by atoms with van der Waals surface area (Å²) in [6.45, 7) is 7.56. The van der Waals surface area contributed by atoms with Gasteiger partial charge in [-0.15, -0.1) is 0 Å². The number of hydrogen-bond donors (Lipinski definition) is 2. The molecular weight excluding hydrogens is 242 g/mol. The SMILES string of the molecule is Cc1ccc(C)c(NCN2C(=O)NC(C)(C)C2=O)c1. The quantitative estimate of drug-likeness (QED) is 0.818. The summed E-state index contributed by atoms with van der Waals surface area (Å²) in [7, 11) is 0. The van der Waals surface area contributed by atoms with Crippen molar-refractivity contribution in [1.29, 1.82) is 0 Å². The highest BCUT2D eigenvalue weighted by atomic mass is 16.2. The fourth-order valence-electron chi connectivity index (χ4n) is 2.05. The smallest absolute Gasteiger partial charge is 0.326 e. The molecule has 1 saturated heterocycles. The predicted octanol–water partition coefficient (Wildman–Crippen LogP) is 2.00. The first-order valence-electron chi connectivity index (χ1n) is 6.26. The van der Waals surface area contributed by atoms with Crippen molar-refractivity contribution < 1.29 is 9.59 Å². The number of imide groups is 1. The van der Waals surface area contributed by atoms with Gasteiger partial charge in [0.05, 0.1) is 6.67 Å². The number of anilines is 1. The molecule has 0 radical (unpaired) electrons. The standard InChI is InChI=1S/C14H19N3O2/c1-9-5-6-10(2)11(7-9)15-8-17-12(18)14(3,4)16-13(17)19/h5-7,15H,8H2,1-4H3,(H,16,19). The summed E-state index contributed by atoms with van der Waals surface area (Å²) in [4.78, 5) is 24.9. The first-order chi connectivity index (χ1) is 8.81. The van der Waals surface area contributed by atoms with E-state index in [9.17, 15) is 9.59 Å². The molecule has 0 bridgehead atoms.